The molecule has 1 heterocycles. The first-order chi connectivity index (χ1) is 13.2. The number of hydrogen-bond acceptors (Lipinski definition) is 2. The summed E-state index contributed by atoms with van der Waals surface area (Å²) in [5, 5.41) is 12.4. The maximum atomic E-state index is 11.9. The van der Waals surface area contributed by atoms with Gasteiger partial charge in [-0.25, -0.2) is 0 Å². The highest BCUT2D eigenvalue weighted by Gasteiger charge is 2.61. The maximum Gasteiger partial charge on any atom is 0.303 e. The molecule has 4 rings (SSSR count). The Morgan fingerprint density at radius 2 is 2.04 bits per heavy atom. The minimum Gasteiger partial charge on any atom is -0.481 e. The second-order valence-corrected chi connectivity index (χ2v) is 10.9. The van der Waals surface area contributed by atoms with Crippen molar-refractivity contribution in [2.45, 2.75) is 78.7 Å². The van der Waals surface area contributed by atoms with Gasteiger partial charge in [0.05, 0.1) is 0 Å². The highest BCUT2D eigenvalue weighted by Crippen LogP contribution is 2.67. The normalized spacial score (nSPS) is 48.2. The van der Waals surface area contributed by atoms with Crippen LogP contribution in [0.25, 0.3) is 0 Å². The highest BCUT2D eigenvalue weighted by atomic mass is 16.4. The number of fused-ring (bicyclic) bond motifs is 5. The van der Waals surface area contributed by atoms with Gasteiger partial charge in [0.2, 0.25) is 5.91 Å². The van der Waals surface area contributed by atoms with Crippen molar-refractivity contribution in [2.75, 3.05) is 0 Å². The van der Waals surface area contributed by atoms with Crippen LogP contribution in [0.4, 0.5) is 0 Å². The summed E-state index contributed by atoms with van der Waals surface area (Å²) < 4.78 is 0. The summed E-state index contributed by atoms with van der Waals surface area (Å²) in [5.41, 5.74) is 0.428. The molecule has 156 valence electrons. The van der Waals surface area contributed by atoms with Gasteiger partial charge in [0.1, 0.15) is 0 Å². The van der Waals surface area contributed by atoms with Gasteiger partial charge in [-0.2, -0.15) is 0 Å². The molecule has 3 saturated carbocycles. The number of aliphatic carboxylic acids is 1. The van der Waals surface area contributed by atoms with Crippen LogP contribution in [0.15, 0.2) is 12.2 Å². The van der Waals surface area contributed by atoms with E-state index in [0.717, 1.165) is 24.7 Å². The summed E-state index contributed by atoms with van der Waals surface area (Å²) in [6.45, 7) is 9.59. The molecule has 2 N–H and O–H groups in total. The fourth-order valence-electron chi connectivity index (χ4n) is 8.21. The Labute approximate surface area is 169 Å². The van der Waals surface area contributed by atoms with Crippen molar-refractivity contribution in [2.24, 2.45) is 46.3 Å². The van der Waals surface area contributed by atoms with Crippen molar-refractivity contribution >= 4 is 11.9 Å². The van der Waals surface area contributed by atoms with E-state index in [1.807, 2.05) is 0 Å². The van der Waals surface area contributed by atoms with Crippen molar-refractivity contribution < 1.29 is 14.7 Å². The number of amides is 1. The molecule has 0 bridgehead atoms. The largest absolute Gasteiger partial charge is 0.481 e. The molecule has 4 aliphatic rings. The average molecular weight is 388 g/mol. The fraction of sp³-hybridized carbons (Fsp3) is 0.833. The SMILES string of the molecule is CC1C[C@H]2NC(=O)C=C[C@]2(C)[C@H]2CC[C@]3(C)[C@@H]([C@H](C)CCC(=O)O)CC[C@H]3[C@H]12. The van der Waals surface area contributed by atoms with Gasteiger partial charge in [0, 0.05) is 17.9 Å². The van der Waals surface area contributed by atoms with E-state index in [-0.39, 0.29) is 17.4 Å². The quantitative estimate of drug-likeness (QED) is 0.738. The van der Waals surface area contributed by atoms with Crippen LogP contribution in [-0.2, 0) is 9.59 Å². The number of carbonyl (C=O) groups is 2. The second-order valence-electron chi connectivity index (χ2n) is 10.9. The van der Waals surface area contributed by atoms with Crippen LogP contribution >= 0.6 is 0 Å². The van der Waals surface area contributed by atoms with Crippen LogP contribution in [0, 0.1) is 46.3 Å². The van der Waals surface area contributed by atoms with E-state index >= 15 is 0 Å². The molecule has 0 aromatic carbocycles. The summed E-state index contributed by atoms with van der Waals surface area (Å²) in [6, 6.07) is 0.275. The Morgan fingerprint density at radius 3 is 2.75 bits per heavy atom. The van der Waals surface area contributed by atoms with Gasteiger partial charge in [-0.05, 0) is 85.5 Å². The van der Waals surface area contributed by atoms with E-state index in [1.165, 1.54) is 25.7 Å². The summed E-state index contributed by atoms with van der Waals surface area (Å²) in [5.74, 6) is 3.27. The molecule has 1 aliphatic heterocycles. The highest BCUT2D eigenvalue weighted by molar-refractivity contribution is 5.89. The molecule has 0 saturated heterocycles. The summed E-state index contributed by atoms with van der Waals surface area (Å²) in [7, 11) is 0. The monoisotopic (exact) mass is 387 g/mol. The molecule has 3 fully saturated rings. The first kappa shape index (κ1) is 20.0. The van der Waals surface area contributed by atoms with Gasteiger partial charge in [-0.1, -0.05) is 33.8 Å². The molecule has 0 spiro atoms. The number of nitrogens with one attached hydrogen (secondary N) is 1. The molecule has 0 aromatic heterocycles. The molecule has 4 nitrogen and oxygen atoms in total. The predicted octanol–water partition coefficient (Wildman–Crippen LogP) is 4.65. The minimum absolute atomic E-state index is 0.0713. The molecule has 3 aliphatic carbocycles. The van der Waals surface area contributed by atoms with Crippen molar-refractivity contribution in [3.05, 3.63) is 12.2 Å². The smallest absolute Gasteiger partial charge is 0.303 e. The van der Waals surface area contributed by atoms with Crippen LogP contribution in [0.2, 0.25) is 0 Å². The van der Waals surface area contributed by atoms with Crippen molar-refractivity contribution in [1.82, 2.24) is 5.32 Å². The van der Waals surface area contributed by atoms with E-state index in [1.54, 1.807) is 6.08 Å². The lowest BCUT2D eigenvalue weighted by Crippen LogP contribution is -2.61. The standard InChI is InChI=1S/C24H37NO3/c1-14(5-8-21(27)28)16-6-7-17-22-15(2)13-19-24(4,12-10-20(26)25-19)18(22)9-11-23(16,17)3/h10,12,14-19,22H,5-9,11,13H2,1-4H3,(H,25,26)(H,27,28)/t14-,15?,16-,17+,18+,19-,22+,23-,24-/m1/s1. The lowest BCUT2D eigenvalue weighted by molar-refractivity contribution is -0.137. The van der Waals surface area contributed by atoms with Crippen LogP contribution < -0.4 is 5.32 Å². The molecule has 28 heavy (non-hydrogen) atoms. The summed E-state index contributed by atoms with van der Waals surface area (Å²) in [4.78, 5) is 23.0. The number of carbonyl (C=O) groups excluding carboxylic acids is 1. The lowest BCUT2D eigenvalue weighted by atomic mass is 9.45. The first-order valence-electron chi connectivity index (χ1n) is 11.4. The van der Waals surface area contributed by atoms with E-state index in [2.05, 4.69) is 39.1 Å². The first-order valence-corrected chi connectivity index (χ1v) is 11.4. The van der Waals surface area contributed by atoms with Crippen LogP contribution in [0.3, 0.4) is 0 Å². The van der Waals surface area contributed by atoms with Crippen molar-refractivity contribution in [3.8, 4) is 0 Å². The molecule has 0 aromatic rings. The maximum absolute atomic E-state index is 11.9. The average Bonchev–Trinajstić information content (AvgIpc) is 2.98. The topological polar surface area (TPSA) is 66.4 Å². The molecule has 0 radical (unpaired) electrons. The van der Waals surface area contributed by atoms with Crippen LogP contribution in [0.1, 0.15) is 72.6 Å². The molecule has 1 amide bonds. The van der Waals surface area contributed by atoms with Gasteiger partial charge in [-0.15, -0.1) is 0 Å². The molecular formula is C24H37NO3. The lowest BCUT2D eigenvalue weighted by Gasteiger charge is -2.61. The number of carboxylic acid groups (broad SMARTS) is 1. The Hall–Kier alpha value is -1.32. The second kappa shape index (κ2) is 6.88. The molecular weight excluding hydrogens is 350 g/mol. The van der Waals surface area contributed by atoms with Gasteiger partial charge in [0.25, 0.3) is 0 Å². The molecule has 1 unspecified atom stereocenters. The third kappa shape index (κ3) is 2.93. The van der Waals surface area contributed by atoms with Crippen LogP contribution in [0.5, 0.6) is 0 Å². The number of hydrogen-bond donors (Lipinski definition) is 2. The van der Waals surface area contributed by atoms with Crippen molar-refractivity contribution in [3.63, 3.8) is 0 Å². The Kier molecular flexibility index (Phi) is 4.91. The third-order valence-electron chi connectivity index (χ3n) is 9.63. The van der Waals surface area contributed by atoms with E-state index in [9.17, 15) is 9.59 Å². The Morgan fingerprint density at radius 1 is 1.29 bits per heavy atom. The van der Waals surface area contributed by atoms with Crippen molar-refractivity contribution in [1.29, 1.82) is 0 Å². The van der Waals surface area contributed by atoms with Gasteiger partial charge >= 0.3 is 5.97 Å². The molecule has 4 heteroatoms. The fourth-order valence-corrected chi connectivity index (χ4v) is 8.21. The van der Waals surface area contributed by atoms with Crippen LogP contribution in [-0.4, -0.2) is 23.0 Å². The Bertz CT molecular complexity index is 687. The zero-order valence-electron chi connectivity index (χ0n) is 17.9. The van der Waals surface area contributed by atoms with E-state index in [0.29, 0.717) is 35.5 Å². The third-order valence-corrected chi connectivity index (χ3v) is 9.63. The summed E-state index contributed by atoms with van der Waals surface area (Å²) in [6.07, 6.45) is 11.2. The minimum atomic E-state index is -0.665. The Balaban J connectivity index is 1.59. The summed E-state index contributed by atoms with van der Waals surface area (Å²) >= 11 is 0. The van der Waals surface area contributed by atoms with Gasteiger partial charge < -0.3 is 10.4 Å². The zero-order chi connectivity index (χ0) is 20.3. The van der Waals surface area contributed by atoms with Gasteiger partial charge in [0.15, 0.2) is 0 Å². The number of rotatable bonds is 4. The van der Waals surface area contributed by atoms with E-state index in [4.69, 9.17) is 5.11 Å². The van der Waals surface area contributed by atoms with Gasteiger partial charge in [-0.3, -0.25) is 9.59 Å². The molecule has 9 atom stereocenters. The zero-order valence-corrected chi connectivity index (χ0v) is 17.9. The predicted molar refractivity (Wildman–Crippen MR) is 110 cm³/mol. The van der Waals surface area contributed by atoms with E-state index < -0.39 is 5.97 Å². The number of carboxylic acids is 1.